The van der Waals surface area contributed by atoms with Crippen LogP contribution in [0, 0.1) is 0 Å². The molecule has 6 nitrogen and oxygen atoms in total. The fourth-order valence-corrected chi connectivity index (χ4v) is 1.25. The average Bonchev–Trinajstić information content (AvgIpc) is 2.35. The smallest absolute Gasteiger partial charge is 0.239 e. The van der Waals surface area contributed by atoms with Gasteiger partial charge in [0.1, 0.15) is 5.82 Å². The lowest BCUT2D eigenvalue weighted by molar-refractivity contribution is -0.119. The molecule has 1 amide bonds. The van der Waals surface area contributed by atoms with Crippen LogP contribution in [0.3, 0.4) is 0 Å². The van der Waals surface area contributed by atoms with Gasteiger partial charge in [-0.25, -0.2) is 4.98 Å². The van der Waals surface area contributed by atoms with Gasteiger partial charge in [-0.3, -0.25) is 4.79 Å². The van der Waals surface area contributed by atoms with E-state index >= 15 is 0 Å². The molecule has 6 heteroatoms. The van der Waals surface area contributed by atoms with Gasteiger partial charge in [-0.1, -0.05) is 0 Å². The van der Waals surface area contributed by atoms with Gasteiger partial charge in [0.05, 0.1) is 6.54 Å². The Morgan fingerprint density at radius 1 is 1.50 bits per heavy atom. The maximum absolute atomic E-state index is 11.3. The highest BCUT2D eigenvalue weighted by molar-refractivity contribution is 5.80. The highest BCUT2D eigenvalue weighted by atomic mass is 16.1. The van der Waals surface area contributed by atoms with Crippen LogP contribution in [0.2, 0.25) is 0 Å². The summed E-state index contributed by atoms with van der Waals surface area (Å²) in [6, 6.07) is 1.78. The third-order valence-electron chi connectivity index (χ3n) is 2.18. The number of rotatable bonds is 5. The zero-order valence-electron chi connectivity index (χ0n) is 9.82. The van der Waals surface area contributed by atoms with Crippen molar-refractivity contribution < 1.29 is 4.79 Å². The van der Waals surface area contributed by atoms with Gasteiger partial charge in [-0.15, -0.1) is 0 Å². The summed E-state index contributed by atoms with van der Waals surface area (Å²) in [6.07, 6.45) is 1.67. The molecule has 1 aromatic heterocycles. The van der Waals surface area contributed by atoms with Crippen molar-refractivity contribution in [3.05, 3.63) is 12.3 Å². The maximum atomic E-state index is 11.3. The number of nitrogens with one attached hydrogen (secondary N) is 2. The molecule has 1 aromatic rings. The number of carbonyl (C=O) groups excluding carboxylic acids is 1. The monoisotopic (exact) mass is 223 g/mol. The molecule has 1 heterocycles. The molecule has 0 aliphatic rings. The molecule has 0 bridgehead atoms. The van der Waals surface area contributed by atoms with Crippen LogP contribution in [0.4, 0.5) is 11.8 Å². The first kappa shape index (κ1) is 12.2. The lowest BCUT2D eigenvalue weighted by Crippen LogP contribution is -2.36. The molecule has 0 radical (unpaired) electrons. The van der Waals surface area contributed by atoms with Crippen molar-refractivity contribution in [2.24, 2.45) is 0 Å². The predicted molar refractivity (Wildman–Crippen MR) is 63.5 cm³/mol. The second kappa shape index (κ2) is 5.89. The average molecular weight is 223 g/mol. The van der Waals surface area contributed by atoms with E-state index < -0.39 is 0 Å². The van der Waals surface area contributed by atoms with Crippen molar-refractivity contribution in [2.75, 3.05) is 37.4 Å². The Kier molecular flexibility index (Phi) is 4.50. The number of hydrogen-bond acceptors (Lipinski definition) is 5. The van der Waals surface area contributed by atoms with Crippen LogP contribution in [0.1, 0.15) is 6.92 Å². The van der Waals surface area contributed by atoms with Gasteiger partial charge < -0.3 is 15.5 Å². The molecule has 0 aliphatic heterocycles. The first-order valence-electron chi connectivity index (χ1n) is 5.17. The molecule has 0 saturated heterocycles. The van der Waals surface area contributed by atoms with E-state index in [9.17, 15) is 4.79 Å². The Balaban J connectivity index is 2.81. The molecule has 0 aromatic carbocycles. The van der Waals surface area contributed by atoms with Crippen molar-refractivity contribution >= 4 is 17.7 Å². The van der Waals surface area contributed by atoms with Crippen molar-refractivity contribution in [3.63, 3.8) is 0 Å². The van der Waals surface area contributed by atoms with Crippen LogP contribution in [0.15, 0.2) is 12.3 Å². The van der Waals surface area contributed by atoms with Crippen molar-refractivity contribution in [1.29, 1.82) is 0 Å². The second-order valence-corrected chi connectivity index (χ2v) is 3.18. The van der Waals surface area contributed by atoms with Gasteiger partial charge in [-0.2, -0.15) is 4.98 Å². The Hall–Kier alpha value is -1.85. The normalized spacial score (nSPS) is 9.69. The summed E-state index contributed by atoms with van der Waals surface area (Å²) in [6.45, 7) is 2.99. The molecular weight excluding hydrogens is 206 g/mol. The molecule has 16 heavy (non-hydrogen) atoms. The van der Waals surface area contributed by atoms with Crippen LogP contribution < -0.4 is 15.5 Å². The third-order valence-corrected chi connectivity index (χ3v) is 2.18. The molecular formula is C10H17N5O. The fourth-order valence-electron chi connectivity index (χ4n) is 1.25. The summed E-state index contributed by atoms with van der Waals surface area (Å²) in [5.41, 5.74) is 0. The fraction of sp³-hybridized carbons (Fsp3) is 0.500. The predicted octanol–water partition coefficient (Wildman–Crippen LogP) is 0.0906. The second-order valence-electron chi connectivity index (χ2n) is 3.18. The van der Waals surface area contributed by atoms with E-state index in [1.165, 1.54) is 0 Å². The summed E-state index contributed by atoms with van der Waals surface area (Å²) in [5, 5.41) is 5.45. The Morgan fingerprint density at radius 3 is 2.81 bits per heavy atom. The molecule has 2 N–H and O–H groups in total. The van der Waals surface area contributed by atoms with Crippen molar-refractivity contribution in [2.45, 2.75) is 6.92 Å². The van der Waals surface area contributed by atoms with Gasteiger partial charge >= 0.3 is 0 Å². The van der Waals surface area contributed by atoms with E-state index in [1.807, 2.05) is 11.8 Å². The summed E-state index contributed by atoms with van der Waals surface area (Å²) in [7, 11) is 3.38. The molecule has 0 aliphatic carbocycles. The summed E-state index contributed by atoms with van der Waals surface area (Å²) in [5.74, 6) is 1.25. The molecule has 88 valence electrons. The van der Waals surface area contributed by atoms with Crippen molar-refractivity contribution in [3.8, 4) is 0 Å². The molecule has 0 atom stereocenters. The minimum atomic E-state index is -0.0357. The zero-order chi connectivity index (χ0) is 12.0. The molecule has 0 spiro atoms. The Labute approximate surface area is 95.1 Å². The molecule has 0 unspecified atom stereocenters. The number of nitrogens with zero attached hydrogens (tertiary/aromatic N) is 3. The van der Waals surface area contributed by atoms with Gasteiger partial charge in [0.25, 0.3) is 0 Å². The molecule has 0 fully saturated rings. The largest absolute Gasteiger partial charge is 0.358 e. The highest BCUT2D eigenvalue weighted by Crippen LogP contribution is 2.10. The van der Waals surface area contributed by atoms with Crippen molar-refractivity contribution in [1.82, 2.24) is 15.3 Å². The van der Waals surface area contributed by atoms with E-state index in [-0.39, 0.29) is 5.91 Å². The summed E-state index contributed by atoms with van der Waals surface area (Å²) >= 11 is 0. The van der Waals surface area contributed by atoms with Gasteiger partial charge in [0, 0.05) is 26.8 Å². The minimum absolute atomic E-state index is 0.0357. The van der Waals surface area contributed by atoms with Crippen LogP contribution in [-0.2, 0) is 4.79 Å². The van der Waals surface area contributed by atoms with E-state index in [0.29, 0.717) is 19.0 Å². The van der Waals surface area contributed by atoms with E-state index in [4.69, 9.17) is 0 Å². The Morgan fingerprint density at radius 2 is 2.25 bits per heavy atom. The lowest BCUT2D eigenvalue weighted by atomic mass is 10.4. The third kappa shape index (κ3) is 3.08. The van der Waals surface area contributed by atoms with Crippen LogP contribution in [0.25, 0.3) is 0 Å². The van der Waals surface area contributed by atoms with Crippen LogP contribution >= 0.6 is 0 Å². The quantitative estimate of drug-likeness (QED) is 0.740. The van der Waals surface area contributed by atoms with Crippen LogP contribution in [-0.4, -0.2) is 43.1 Å². The first-order chi connectivity index (χ1) is 7.71. The van der Waals surface area contributed by atoms with Crippen LogP contribution in [0.5, 0.6) is 0 Å². The highest BCUT2D eigenvalue weighted by Gasteiger charge is 2.10. The zero-order valence-corrected chi connectivity index (χ0v) is 9.82. The Bertz CT molecular complexity index is 355. The van der Waals surface area contributed by atoms with Gasteiger partial charge in [-0.05, 0) is 13.0 Å². The number of amides is 1. The van der Waals surface area contributed by atoms with Gasteiger partial charge in [0.15, 0.2) is 0 Å². The SMILES string of the molecule is CCN(CC(=O)NC)c1ccnc(NC)n1. The number of carbonyl (C=O) groups is 1. The number of hydrogen-bond donors (Lipinski definition) is 2. The molecule has 0 saturated carbocycles. The number of likely N-dealkylation sites (N-methyl/N-ethyl adjacent to an activating group) is 2. The molecule has 1 rings (SSSR count). The summed E-state index contributed by atoms with van der Waals surface area (Å²) < 4.78 is 0. The van der Waals surface area contributed by atoms with E-state index in [2.05, 4.69) is 20.6 Å². The van der Waals surface area contributed by atoms with E-state index in [0.717, 1.165) is 5.82 Å². The number of aromatic nitrogens is 2. The summed E-state index contributed by atoms with van der Waals surface area (Å²) in [4.78, 5) is 21.5. The minimum Gasteiger partial charge on any atom is -0.358 e. The number of anilines is 2. The van der Waals surface area contributed by atoms with Gasteiger partial charge in [0.2, 0.25) is 11.9 Å². The topological polar surface area (TPSA) is 70.2 Å². The standard InChI is InChI=1S/C10H17N5O/c1-4-15(7-9(16)11-2)8-5-6-13-10(12-3)14-8/h5-6H,4,7H2,1-3H3,(H,11,16)(H,12,13,14). The maximum Gasteiger partial charge on any atom is 0.239 e. The lowest BCUT2D eigenvalue weighted by Gasteiger charge is -2.20. The van der Waals surface area contributed by atoms with E-state index in [1.54, 1.807) is 26.4 Å². The first-order valence-corrected chi connectivity index (χ1v) is 5.17.